The van der Waals surface area contributed by atoms with Crippen LogP contribution in [0.25, 0.3) is 10.4 Å². The van der Waals surface area contributed by atoms with Crippen molar-refractivity contribution in [1.82, 2.24) is 25.3 Å². The van der Waals surface area contributed by atoms with Crippen LogP contribution < -0.4 is 10.2 Å². The number of hydrogen-bond donors (Lipinski definition) is 3. The van der Waals surface area contributed by atoms with E-state index in [9.17, 15) is 19.8 Å². The van der Waals surface area contributed by atoms with Gasteiger partial charge in [-0.15, -0.1) is 11.3 Å². The van der Waals surface area contributed by atoms with Gasteiger partial charge in [-0.25, -0.2) is 4.98 Å². The van der Waals surface area contributed by atoms with Gasteiger partial charge in [0.2, 0.25) is 11.8 Å². The van der Waals surface area contributed by atoms with E-state index in [1.54, 1.807) is 11.3 Å². The van der Waals surface area contributed by atoms with E-state index in [2.05, 4.69) is 25.3 Å². The van der Waals surface area contributed by atoms with Gasteiger partial charge in [-0.3, -0.25) is 9.59 Å². The van der Waals surface area contributed by atoms with E-state index in [0.29, 0.717) is 11.7 Å². The normalized spacial score (nSPS) is 22.7. The Morgan fingerprint density at radius 1 is 1.02 bits per heavy atom. The molecule has 0 spiro atoms. The van der Waals surface area contributed by atoms with Crippen LogP contribution in [0.3, 0.4) is 0 Å². The van der Waals surface area contributed by atoms with Gasteiger partial charge >= 0.3 is 0 Å². The van der Waals surface area contributed by atoms with Crippen LogP contribution in [0.5, 0.6) is 0 Å². The van der Waals surface area contributed by atoms with Gasteiger partial charge in [0.15, 0.2) is 11.6 Å². The monoisotopic (exact) mass is 678 g/mol. The summed E-state index contributed by atoms with van der Waals surface area (Å²) in [6.45, 7) is 12.7. The number of carbonyl (C=O) groups is 2. The number of piperidine rings is 2. The Hall–Kier alpha value is -3.32. The average molecular weight is 679 g/mol. The molecule has 48 heavy (non-hydrogen) atoms. The molecule has 0 aliphatic carbocycles. The van der Waals surface area contributed by atoms with E-state index in [0.717, 1.165) is 85.9 Å². The van der Waals surface area contributed by atoms with Crippen LogP contribution in [0.2, 0.25) is 0 Å². The summed E-state index contributed by atoms with van der Waals surface area (Å²) in [7, 11) is 0. The van der Waals surface area contributed by atoms with Gasteiger partial charge in [-0.1, -0.05) is 43.3 Å². The largest absolute Gasteiger partial charge is 0.393 e. The van der Waals surface area contributed by atoms with Crippen LogP contribution in [0.15, 0.2) is 40.4 Å². The minimum Gasteiger partial charge on any atom is -0.393 e. The summed E-state index contributed by atoms with van der Waals surface area (Å²) in [5.41, 5.74) is 4.87. The highest BCUT2D eigenvalue weighted by Crippen LogP contribution is 2.34. The highest BCUT2D eigenvalue weighted by atomic mass is 32.1. The predicted molar refractivity (Wildman–Crippen MR) is 186 cm³/mol. The zero-order valence-corrected chi connectivity index (χ0v) is 29.4. The Kier molecular flexibility index (Phi) is 10.8. The minimum absolute atomic E-state index is 0.0991. The summed E-state index contributed by atoms with van der Waals surface area (Å²) in [6.07, 6.45) is 3.10. The lowest BCUT2D eigenvalue weighted by molar-refractivity contribution is -0.141. The number of anilines is 1. The van der Waals surface area contributed by atoms with Crippen molar-refractivity contribution in [2.45, 2.75) is 90.0 Å². The van der Waals surface area contributed by atoms with Crippen molar-refractivity contribution < 1.29 is 24.3 Å². The first-order valence-corrected chi connectivity index (χ1v) is 18.4. The summed E-state index contributed by atoms with van der Waals surface area (Å²) < 4.78 is 5.83. The van der Waals surface area contributed by atoms with Crippen molar-refractivity contribution in [2.75, 3.05) is 44.2 Å². The number of carbonyl (C=O) groups excluding carboxylic acids is 2. The third-order valence-electron chi connectivity index (χ3n) is 10.4. The van der Waals surface area contributed by atoms with Gasteiger partial charge in [0.25, 0.3) is 0 Å². The molecular weight excluding hydrogens is 629 g/mol. The van der Waals surface area contributed by atoms with Crippen molar-refractivity contribution in [3.8, 4) is 10.4 Å². The first-order valence-electron chi connectivity index (χ1n) is 17.5. The number of nitrogens with one attached hydrogen (secondary N) is 1. The molecule has 3 unspecified atom stereocenters. The molecule has 3 aliphatic heterocycles. The van der Waals surface area contributed by atoms with Crippen molar-refractivity contribution >= 4 is 29.0 Å². The number of aromatic nitrogens is 2. The number of nitrogens with zero attached hydrogens (tertiary/aromatic N) is 5. The van der Waals surface area contributed by atoms with Crippen molar-refractivity contribution in [3.63, 3.8) is 0 Å². The summed E-state index contributed by atoms with van der Waals surface area (Å²) >= 11 is 1.60. The Morgan fingerprint density at radius 2 is 1.73 bits per heavy atom. The quantitative estimate of drug-likeness (QED) is 0.286. The fraction of sp³-hybridized carbons (Fsp3) is 0.611. The summed E-state index contributed by atoms with van der Waals surface area (Å²) in [4.78, 5) is 39.4. The second-order valence-corrected chi connectivity index (χ2v) is 15.1. The molecule has 0 radical (unpaired) electrons. The Balaban J connectivity index is 1.07. The Morgan fingerprint density at radius 3 is 2.38 bits per heavy atom. The van der Waals surface area contributed by atoms with Crippen molar-refractivity contribution in [3.05, 3.63) is 52.9 Å². The minimum atomic E-state index is -0.781. The third-order valence-corrected chi connectivity index (χ3v) is 11.4. The van der Waals surface area contributed by atoms with Gasteiger partial charge in [-0.05, 0) is 62.5 Å². The molecule has 260 valence electrons. The zero-order chi connectivity index (χ0) is 33.9. The topological polar surface area (TPSA) is 135 Å². The number of rotatable bonds is 10. The number of aliphatic hydroxyl groups excluding tert-OH is 2. The molecule has 3 N–H and O–H groups in total. The number of thiazole rings is 1. The van der Waals surface area contributed by atoms with E-state index >= 15 is 0 Å². The van der Waals surface area contributed by atoms with Gasteiger partial charge < -0.3 is 34.8 Å². The maximum absolute atomic E-state index is 14.1. The smallest absolute Gasteiger partial charge is 0.243 e. The Labute approximate surface area is 287 Å². The van der Waals surface area contributed by atoms with Crippen LogP contribution in [-0.2, 0) is 9.59 Å². The lowest BCUT2D eigenvalue weighted by atomic mass is 9.91. The molecule has 3 aromatic rings. The summed E-state index contributed by atoms with van der Waals surface area (Å²) in [5, 5.41) is 27.9. The van der Waals surface area contributed by atoms with Crippen molar-refractivity contribution in [1.29, 1.82) is 0 Å². The molecule has 11 nitrogen and oxygen atoms in total. The fourth-order valence-corrected chi connectivity index (χ4v) is 8.31. The molecule has 2 aromatic heterocycles. The first kappa shape index (κ1) is 34.5. The van der Waals surface area contributed by atoms with Crippen LogP contribution >= 0.6 is 11.3 Å². The number of benzene rings is 1. The Bertz CT molecular complexity index is 1530. The highest BCUT2D eigenvalue weighted by Gasteiger charge is 2.43. The summed E-state index contributed by atoms with van der Waals surface area (Å²) in [6, 6.07) is 8.92. The SMILES string of the molecule is Cc1ncsc1-c1ccc(C(C)NC(=O)C2C[C@@H](O)CN2C(=O)C(c2cc(N3CCC(CN4CCC(O)CC4)CC3)no2)C(C)C)cc1. The molecule has 6 rings (SSSR count). The van der Waals surface area contributed by atoms with Crippen LogP contribution in [-0.4, -0.2) is 99.5 Å². The lowest BCUT2D eigenvalue weighted by Crippen LogP contribution is -2.48. The summed E-state index contributed by atoms with van der Waals surface area (Å²) in [5.74, 6) is 0.610. The lowest BCUT2D eigenvalue weighted by Gasteiger charge is -2.36. The number of aryl methyl sites for hydroxylation is 1. The number of β-amino-alcohol motifs (C(OH)–C–C–N with tert-alkyl or cyclic N) is 1. The van der Waals surface area contributed by atoms with E-state index in [4.69, 9.17) is 4.52 Å². The standard InChI is InChI=1S/C36H50N6O5S/c1-22(2)33(31-18-32(39-47-31)41-15-9-25(10-16-41)19-40-13-11-28(43)12-14-40)36(46)42-20-29(44)17-30(42)35(45)38-23(3)26-5-7-27(8-6-26)34-24(4)37-21-48-34/h5-8,18,21-23,25,28-30,33,43-44H,9-17,19-20H2,1-4H3,(H,38,45)/t23?,29-,30?,33?/m1/s1. The number of aliphatic hydroxyl groups is 2. The fourth-order valence-electron chi connectivity index (χ4n) is 7.50. The van der Waals surface area contributed by atoms with E-state index in [1.807, 2.05) is 63.5 Å². The molecule has 12 heteroatoms. The third kappa shape index (κ3) is 7.77. The zero-order valence-electron chi connectivity index (χ0n) is 28.5. The van der Waals surface area contributed by atoms with E-state index in [-0.39, 0.29) is 42.8 Å². The maximum Gasteiger partial charge on any atom is 0.243 e. The highest BCUT2D eigenvalue weighted by molar-refractivity contribution is 7.13. The van der Waals surface area contributed by atoms with Crippen LogP contribution in [0, 0.1) is 18.8 Å². The molecular formula is C36H50N6O5S. The van der Waals surface area contributed by atoms with Gasteiger partial charge in [0.05, 0.1) is 34.3 Å². The molecule has 2 amide bonds. The maximum atomic E-state index is 14.1. The molecule has 0 bridgehead atoms. The second-order valence-electron chi connectivity index (χ2n) is 14.3. The van der Waals surface area contributed by atoms with Gasteiger partial charge in [-0.2, -0.15) is 0 Å². The molecule has 5 heterocycles. The molecule has 3 aliphatic rings. The first-order chi connectivity index (χ1) is 23.1. The van der Waals surface area contributed by atoms with Gasteiger partial charge in [0, 0.05) is 51.8 Å². The van der Waals surface area contributed by atoms with Crippen molar-refractivity contribution in [2.24, 2.45) is 11.8 Å². The molecule has 3 fully saturated rings. The number of likely N-dealkylation sites (tertiary alicyclic amines) is 2. The average Bonchev–Trinajstić information content (AvgIpc) is 3.83. The van der Waals surface area contributed by atoms with Crippen LogP contribution in [0.4, 0.5) is 5.82 Å². The number of amides is 2. The number of hydrogen-bond acceptors (Lipinski definition) is 10. The molecule has 3 saturated heterocycles. The molecule has 1 aromatic carbocycles. The van der Waals surface area contributed by atoms with Gasteiger partial charge in [0.1, 0.15) is 12.0 Å². The molecule has 4 atom stereocenters. The van der Waals surface area contributed by atoms with Crippen LogP contribution in [0.1, 0.15) is 81.9 Å². The predicted octanol–water partition coefficient (Wildman–Crippen LogP) is 4.36. The van der Waals surface area contributed by atoms with E-state index < -0.39 is 18.1 Å². The second kappa shape index (κ2) is 15.1. The molecule has 0 saturated carbocycles. The van der Waals surface area contributed by atoms with E-state index in [1.165, 1.54) is 4.90 Å².